The van der Waals surface area contributed by atoms with Gasteiger partial charge in [0.25, 0.3) is 0 Å². The van der Waals surface area contributed by atoms with Crippen LogP contribution in [0.3, 0.4) is 0 Å². The lowest BCUT2D eigenvalue weighted by Gasteiger charge is -2.36. The van der Waals surface area contributed by atoms with Gasteiger partial charge in [0, 0.05) is 11.1 Å². The molecule has 0 fully saturated rings. The number of fused-ring (bicyclic) bond motifs is 1. The van der Waals surface area contributed by atoms with Crippen LogP contribution in [-0.2, 0) is 17.6 Å². The fourth-order valence-corrected chi connectivity index (χ4v) is 5.23. The number of carboxylic acid groups (broad SMARTS) is 1. The van der Waals surface area contributed by atoms with E-state index in [4.69, 9.17) is 19.3 Å². The number of unbranched alkanes of at least 4 members (excludes halogenated alkanes) is 3. The first-order valence-corrected chi connectivity index (χ1v) is 14.3. The van der Waals surface area contributed by atoms with Crippen molar-refractivity contribution in [1.29, 1.82) is 0 Å². The van der Waals surface area contributed by atoms with Crippen LogP contribution >= 0.6 is 0 Å². The lowest BCUT2D eigenvalue weighted by atomic mass is 9.85. The Bertz CT molecular complexity index is 1220. The number of benzene rings is 2. The van der Waals surface area contributed by atoms with Crippen LogP contribution in [0.4, 0.5) is 0 Å². The van der Waals surface area contributed by atoms with Crippen molar-refractivity contribution in [2.24, 2.45) is 0 Å². The van der Waals surface area contributed by atoms with E-state index < -0.39 is 18.2 Å². The van der Waals surface area contributed by atoms with Crippen molar-refractivity contribution in [2.75, 3.05) is 13.2 Å². The second kappa shape index (κ2) is 14.2. The summed E-state index contributed by atoms with van der Waals surface area (Å²) in [6.07, 6.45) is 7.51. The zero-order chi connectivity index (χ0) is 29.3. The minimum atomic E-state index is -1.06. The number of aliphatic carboxylic acids is 1. The highest BCUT2D eigenvalue weighted by molar-refractivity contribution is 6.01. The fraction of sp³-hybridized carbons (Fsp3) is 0.531. The first kappa shape index (κ1) is 31.0. The predicted molar refractivity (Wildman–Crippen MR) is 152 cm³/mol. The third-order valence-electron chi connectivity index (χ3n) is 7.23. The highest BCUT2D eigenvalue weighted by Gasteiger charge is 2.38. The molecular formula is C32H42O8. The number of carbonyl (C=O) groups excluding carboxylic acids is 2. The van der Waals surface area contributed by atoms with E-state index in [9.17, 15) is 19.5 Å². The number of hydrogen-bond acceptors (Lipinski definition) is 7. The normalized spacial score (nSPS) is 16.2. The Kier molecular flexibility index (Phi) is 11.0. The number of hydrogen-bond donors (Lipinski definition) is 2. The van der Waals surface area contributed by atoms with Gasteiger partial charge in [-0.25, -0.2) is 4.79 Å². The van der Waals surface area contributed by atoms with E-state index in [0.717, 1.165) is 44.1 Å². The Labute approximate surface area is 236 Å². The van der Waals surface area contributed by atoms with Crippen molar-refractivity contribution in [3.05, 3.63) is 46.5 Å². The number of carbonyl (C=O) groups is 3. The van der Waals surface area contributed by atoms with Crippen LogP contribution < -0.4 is 14.2 Å². The molecule has 0 radical (unpaired) electrons. The summed E-state index contributed by atoms with van der Waals surface area (Å²) in [6, 6.07) is 6.72. The number of phenols is 1. The Morgan fingerprint density at radius 1 is 0.950 bits per heavy atom. The van der Waals surface area contributed by atoms with Gasteiger partial charge in [0.2, 0.25) is 0 Å². The molecule has 0 spiro atoms. The Morgan fingerprint density at radius 2 is 1.60 bits per heavy atom. The summed E-state index contributed by atoms with van der Waals surface area (Å²) in [5.41, 5.74) is 1.65. The molecule has 1 unspecified atom stereocenters. The van der Waals surface area contributed by atoms with E-state index in [1.54, 1.807) is 24.3 Å². The largest absolute Gasteiger partial charge is 0.507 e. The van der Waals surface area contributed by atoms with Gasteiger partial charge in [-0.05, 0) is 70.2 Å². The van der Waals surface area contributed by atoms with E-state index in [2.05, 4.69) is 0 Å². The van der Waals surface area contributed by atoms with Crippen LogP contribution in [0.2, 0.25) is 0 Å². The van der Waals surface area contributed by atoms with Crippen molar-refractivity contribution in [2.45, 2.75) is 97.5 Å². The molecule has 0 saturated heterocycles. The van der Waals surface area contributed by atoms with Crippen molar-refractivity contribution in [1.82, 2.24) is 0 Å². The third-order valence-corrected chi connectivity index (χ3v) is 7.23. The molecule has 8 nitrogen and oxygen atoms in total. The second-order valence-electron chi connectivity index (χ2n) is 10.8. The third kappa shape index (κ3) is 7.77. The average Bonchev–Trinajstić information content (AvgIpc) is 2.89. The molecule has 1 heterocycles. The maximum Gasteiger partial charge on any atom is 0.341 e. The molecule has 2 aromatic carbocycles. The molecule has 0 aliphatic carbocycles. The van der Waals surface area contributed by atoms with Crippen molar-refractivity contribution < 1.29 is 38.8 Å². The molecule has 0 bridgehead atoms. The molecule has 218 valence electrons. The number of Topliss-reactive ketones (excluding diaryl/α,β-unsaturated/α-hetero) is 2. The summed E-state index contributed by atoms with van der Waals surface area (Å²) in [7, 11) is 0. The van der Waals surface area contributed by atoms with Crippen LogP contribution in [0.15, 0.2) is 24.3 Å². The van der Waals surface area contributed by atoms with Crippen LogP contribution in [0.25, 0.3) is 0 Å². The van der Waals surface area contributed by atoms with Crippen LogP contribution in [0.5, 0.6) is 23.0 Å². The van der Waals surface area contributed by atoms with Gasteiger partial charge < -0.3 is 24.4 Å². The molecule has 0 saturated carbocycles. The van der Waals surface area contributed by atoms with Crippen molar-refractivity contribution >= 4 is 17.5 Å². The highest BCUT2D eigenvalue weighted by atomic mass is 16.5. The van der Waals surface area contributed by atoms with E-state index in [0.29, 0.717) is 66.2 Å². The molecule has 0 aromatic heterocycles. The number of carboxylic acids is 1. The highest BCUT2D eigenvalue weighted by Crippen LogP contribution is 2.42. The van der Waals surface area contributed by atoms with E-state index in [1.807, 2.05) is 20.8 Å². The summed E-state index contributed by atoms with van der Waals surface area (Å²) in [4.78, 5) is 35.8. The molecular weight excluding hydrogens is 512 g/mol. The van der Waals surface area contributed by atoms with E-state index >= 15 is 0 Å². The summed E-state index contributed by atoms with van der Waals surface area (Å²) < 4.78 is 17.9. The van der Waals surface area contributed by atoms with Gasteiger partial charge in [0.1, 0.15) is 28.6 Å². The van der Waals surface area contributed by atoms with Gasteiger partial charge in [-0.3, -0.25) is 9.59 Å². The maximum absolute atomic E-state index is 13.0. The van der Waals surface area contributed by atoms with Gasteiger partial charge in [-0.2, -0.15) is 0 Å². The molecule has 1 aliphatic rings. The Hall–Kier alpha value is -3.55. The SMILES string of the molecule is CCCc1c(OCCCCCCC2(C)CC(=O)c3ccc(OCC(=O)O)c(CCC)c3O2)ccc(C(C)=O)c1O. The molecule has 3 rings (SSSR count). The van der Waals surface area contributed by atoms with E-state index in [-0.39, 0.29) is 17.3 Å². The van der Waals surface area contributed by atoms with Gasteiger partial charge >= 0.3 is 5.97 Å². The van der Waals surface area contributed by atoms with Crippen molar-refractivity contribution in [3.63, 3.8) is 0 Å². The summed E-state index contributed by atoms with van der Waals surface area (Å²) >= 11 is 0. The molecule has 1 aliphatic heterocycles. The Morgan fingerprint density at radius 3 is 2.27 bits per heavy atom. The minimum absolute atomic E-state index is 0.0198. The number of rotatable bonds is 16. The smallest absolute Gasteiger partial charge is 0.341 e. The summed E-state index contributed by atoms with van der Waals surface area (Å²) in [5.74, 6) is 0.422. The van der Waals surface area contributed by atoms with Gasteiger partial charge in [-0.15, -0.1) is 0 Å². The average molecular weight is 555 g/mol. The molecule has 2 N–H and O–H groups in total. The lowest BCUT2D eigenvalue weighted by molar-refractivity contribution is -0.139. The molecule has 8 heteroatoms. The number of aromatic hydroxyl groups is 1. The zero-order valence-corrected chi connectivity index (χ0v) is 24.1. The lowest BCUT2D eigenvalue weighted by Crippen LogP contribution is -2.39. The maximum atomic E-state index is 13.0. The standard InChI is InChI=1S/C32H42O8/c1-5-11-24-27(15-13-22(21(3)33)30(24)37)38-18-10-8-7-9-17-32(4)19-26(34)23-14-16-28(39-20-29(35)36)25(12-6-2)31(23)40-32/h13-16,37H,5-12,17-20H2,1-4H3,(H,35,36). The number of ether oxygens (including phenoxy) is 3. The fourth-order valence-electron chi connectivity index (χ4n) is 5.23. The summed E-state index contributed by atoms with van der Waals surface area (Å²) in [5, 5.41) is 19.5. The quantitative estimate of drug-likeness (QED) is 0.173. The van der Waals surface area contributed by atoms with Crippen molar-refractivity contribution in [3.8, 4) is 23.0 Å². The first-order valence-electron chi connectivity index (χ1n) is 14.3. The van der Waals surface area contributed by atoms with Crippen LogP contribution in [-0.4, -0.2) is 46.6 Å². The molecule has 2 aromatic rings. The van der Waals surface area contributed by atoms with Crippen LogP contribution in [0, 0.1) is 0 Å². The second-order valence-corrected chi connectivity index (χ2v) is 10.8. The minimum Gasteiger partial charge on any atom is -0.507 e. The number of ketones is 2. The summed E-state index contributed by atoms with van der Waals surface area (Å²) in [6.45, 7) is 7.50. The van der Waals surface area contributed by atoms with Crippen LogP contribution in [0.1, 0.15) is 111 Å². The van der Waals surface area contributed by atoms with E-state index in [1.165, 1.54) is 6.92 Å². The monoisotopic (exact) mass is 554 g/mol. The topological polar surface area (TPSA) is 119 Å². The van der Waals surface area contributed by atoms with Gasteiger partial charge in [0.15, 0.2) is 18.2 Å². The zero-order valence-electron chi connectivity index (χ0n) is 24.1. The molecule has 40 heavy (non-hydrogen) atoms. The number of phenolic OH excluding ortho intramolecular Hbond substituents is 1. The first-order chi connectivity index (χ1) is 19.1. The predicted octanol–water partition coefficient (Wildman–Crippen LogP) is 6.72. The van der Waals surface area contributed by atoms with Gasteiger partial charge in [-0.1, -0.05) is 39.5 Å². The molecule has 0 amide bonds. The Balaban J connectivity index is 1.54. The van der Waals surface area contributed by atoms with Gasteiger partial charge in [0.05, 0.1) is 24.2 Å². The molecule has 1 atom stereocenters.